The second-order valence-electron chi connectivity index (χ2n) is 4.24. The van der Waals surface area contributed by atoms with Gasteiger partial charge in [-0.05, 0) is 24.5 Å². The molecule has 4 heteroatoms. The Kier molecular flexibility index (Phi) is 3.76. The van der Waals surface area contributed by atoms with Gasteiger partial charge in [-0.15, -0.1) is 0 Å². The van der Waals surface area contributed by atoms with E-state index in [0.717, 1.165) is 12.0 Å². The van der Waals surface area contributed by atoms with Gasteiger partial charge in [0.2, 0.25) is 5.91 Å². The summed E-state index contributed by atoms with van der Waals surface area (Å²) in [6.07, 6.45) is 0.801. The van der Waals surface area contributed by atoms with Crippen LogP contribution in [0, 0.1) is 0 Å². The summed E-state index contributed by atoms with van der Waals surface area (Å²) >= 11 is 0. The van der Waals surface area contributed by atoms with E-state index in [-0.39, 0.29) is 24.6 Å². The number of amides is 1. The molecule has 1 aromatic rings. The Morgan fingerprint density at radius 1 is 1.53 bits per heavy atom. The van der Waals surface area contributed by atoms with Gasteiger partial charge in [0, 0.05) is 6.61 Å². The highest BCUT2D eigenvalue weighted by molar-refractivity contribution is 5.77. The van der Waals surface area contributed by atoms with Crippen LogP contribution in [0.25, 0.3) is 0 Å². The first-order valence-corrected chi connectivity index (χ1v) is 5.93. The van der Waals surface area contributed by atoms with Crippen molar-refractivity contribution in [2.45, 2.75) is 25.4 Å². The Labute approximate surface area is 101 Å². The van der Waals surface area contributed by atoms with Gasteiger partial charge in [0.25, 0.3) is 0 Å². The summed E-state index contributed by atoms with van der Waals surface area (Å²) in [5.74, 6) is -0.0971. The molecule has 4 nitrogen and oxygen atoms in total. The molecule has 1 aliphatic carbocycles. The molecule has 0 unspecified atom stereocenters. The average Bonchev–Trinajstić information content (AvgIpc) is 2.64. The van der Waals surface area contributed by atoms with Crippen molar-refractivity contribution in [3.8, 4) is 0 Å². The molecular formula is C13H18N2O2. The number of nitrogens with two attached hydrogens (primary N) is 1. The van der Waals surface area contributed by atoms with Gasteiger partial charge in [0.05, 0.1) is 12.1 Å². The largest absolute Gasteiger partial charge is 0.372 e. The molecule has 3 N–H and O–H groups in total. The Hall–Kier alpha value is -1.39. The van der Waals surface area contributed by atoms with Gasteiger partial charge in [-0.1, -0.05) is 24.3 Å². The van der Waals surface area contributed by atoms with E-state index >= 15 is 0 Å². The number of rotatable bonds is 4. The highest BCUT2D eigenvalue weighted by Gasteiger charge is 2.30. The molecule has 0 heterocycles. The van der Waals surface area contributed by atoms with Gasteiger partial charge in [-0.25, -0.2) is 0 Å². The van der Waals surface area contributed by atoms with Crippen molar-refractivity contribution in [3.05, 3.63) is 35.4 Å². The molecule has 0 saturated carbocycles. The maximum atomic E-state index is 11.6. The molecular weight excluding hydrogens is 216 g/mol. The fourth-order valence-electron chi connectivity index (χ4n) is 2.21. The van der Waals surface area contributed by atoms with E-state index in [0.29, 0.717) is 6.61 Å². The molecule has 0 fully saturated rings. The first-order valence-electron chi connectivity index (χ1n) is 5.93. The molecule has 0 aromatic heterocycles. The van der Waals surface area contributed by atoms with Gasteiger partial charge in [-0.3, -0.25) is 4.79 Å². The van der Waals surface area contributed by atoms with Crippen LogP contribution in [0.15, 0.2) is 24.3 Å². The third kappa shape index (κ3) is 2.65. The first-order chi connectivity index (χ1) is 8.22. The Bertz CT molecular complexity index is 406. The molecule has 0 saturated heterocycles. The number of hydrogen-bond donors (Lipinski definition) is 2. The lowest BCUT2D eigenvalue weighted by Crippen LogP contribution is -2.42. The molecule has 2 atom stereocenters. The van der Waals surface area contributed by atoms with E-state index in [1.54, 1.807) is 0 Å². The van der Waals surface area contributed by atoms with Crippen LogP contribution in [0.4, 0.5) is 0 Å². The average molecular weight is 234 g/mol. The van der Waals surface area contributed by atoms with Crippen LogP contribution < -0.4 is 11.1 Å². The molecule has 1 amide bonds. The number of hydrogen-bond acceptors (Lipinski definition) is 3. The quantitative estimate of drug-likeness (QED) is 0.808. The third-order valence-electron chi connectivity index (χ3n) is 3.07. The summed E-state index contributed by atoms with van der Waals surface area (Å²) < 4.78 is 5.07. The lowest BCUT2D eigenvalue weighted by molar-refractivity contribution is -0.126. The van der Waals surface area contributed by atoms with Gasteiger partial charge < -0.3 is 15.8 Å². The lowest BCUT2D eigenvalue weighted by atomic mass is 10.1. The minimum Gasteiger partial charge on any atom is -0.372 e. The molecule has 2 rings (SSSR count). The van der Waals surface area contributed by atoms with Crippen LogP contribution in [0.5, 0.6) is 0 Å². The maximum absolute atomic E-state index is 11.6. The van der Waals surface area contributed by atoms with E-state index in [9.17, 15) is 4.79 Å². The van der Waals surface area contributed by atoms with Gasteiger partial charge >= 0.3 is 0 Å². The van der Waals surface area contributed by atoms with E-state index in [2.05, 4.69) is 11.4 Å². The minimum absolute atomic E-state index is 0.0136. The number of carbonyl (C=O) groups excluding carboxylic acids is 1. The Morgan fingerprint density at radius 3 is 3.00 bits per heavy atom. The monoisotopic (exact) mass is 234 g/mol. The first kappa shape index (κ1) is 12.1. The smallest absolute Gasteiger partial charge is 0.246 e. The molecule has 17 heavy (non-hydrogen) atoms. The molecule has 0 bridgehead atoms. The zero-order valence-corrected chi connectivity index (χ0v) is 9.98. The molecule has 0 radical (unpaired) electrons. The predicted octanol–water partition coefficient (Wildman–Crippen LogP) is 0.764. The number of nitrogens with one attached hydrogen (secondary N) is 1. The van der Waals surface area contributed by atoms with Gasteiger partial charge in [-0.2, -0.15) is 0 Å². The zero-order chi connectivity index (χ0) is 12.3. The van der Waals surface area contributed by atoms with E-state index in [1.165, 1.54) is 5.56 Å². The standard InChI is InChI=1S/C13H18N2O2/c1-2-17-8-12(16)15-11-7-9-5-3-4-6-10(9)13(11)14/h3-6,11,13H,2,7-8,14H2,1H3,(H,15,16)/t11-,13-/m1/s1. The van der Waals surface area contributed by atoms with E-state index < -0.39 is 0 Å². The van der Waals surface area contributed by atoms with Crippen LogP contribution in [0.1, 0.15) is 24.1 Å². The summed E-state index contributed by atoms with van der Waals surface area (Å²) in [5, 5.41) is 2.92. The number of ether oxygens (including phenoxy) is 1. The van der Waals surface area contributed by atoms with E-state index in [4.69, 9.17) is 10.5 Å². The molecule has 92 valence electrons. The molecule has 1 aromatic carbocycles. The van der Waals surface area contributed by atoms with Crippen LogP contribution in [-0.2, 0) is 16.0 Å². The van der Waals surface area contributed by atoms with Crippen LogP contribution >= 0.6 is 0 Å². The van der Waals surface area contributed by atoms with Crippen molar-refractivity contribution >= 4 is 5.91 Å². The fourth-order valence-corrected chi connectivity index (χ4v) is 2.21. The number of benzene rings is 1. The summed E-state index contributed by atoms with van der Waals surface area (Å²) in [6.45, 7) is 2.52. The minimum atomic E-state index is -0.114. The number of fused-ring (bicyclic) bond motifs is 1. The topological polar surface area (TPSA) is 64.3 Å². The van der Waals surface area contributed by atoms with Crippen molar-refractivity contribution in [3.63, 3.8) is 0 Å². The van der Waals surface area contributed by atoms with E-state index in [1.807, 2.05) is 25.1 Å². The number of carbonyl (C=O) groups is 1. The molecule has 0 aliphatic heterocycles. The van der Waals surface area contributed by atoms with Gasteiger partial charge in [0.1, 0.15) is 6.61 Å². The van der Waals surface area contributed by atoms with Crippen molar-refractivity contribution in [1.29, 1.82) is 0 Å². The van der Waals surface area contributed by atoms with Crippen molar-refractivity contribution < 1.29 is 9.53 Å². The van der Waals surface area contributed by atoms with Crippen molar-refractivity contribution in [2.24, 2.45) is 5.73 Å². The summed E-state index contributed by atoms with van der Waals surface area (Å²) in [6, 6.07) is 7.93. The van der Waals surface area contributed by atoms with Crippen molar-refractivity contribution in [2.75, 3.05) is 13.2 Å². The summed E-state index contributed by atoms with van der Waals surface area (Å²) in [4.78, 5) is 11.6. The molecule has 1 aliphatic rings. The highest BCUT2D eigenvalue weighted by atomic mass is 16.5. The summed E-state index contributed by atoms with van der Waals surface area (Å²) in [5.41, 5.74) is 8.47. The normalized spacial score (nSPS) is 22.2. The van der Waals surface area contributed by atoms with Crippen LogP contribution in [0.2, 0.25) is 0 Å². The second-order valence-corrected chi connectivity index (χ2v) is 4.24. The highest BCUT2D eigenvalue weighted by Crippen LogP contribution is 2.29. The maximum Gasteiger partial charge on any atom is 0.246 e. The van der Waals surface area contributed by atoms with Crippen LogP contribution in [-0.4, -0.2) is 25.2 Å². The lowest BCUT2D eigenvalue weighted by Gasteiger charge is -2.17. The predicted molar refractivity (Wildman–Crippen MR) is 65.5 cm³/mol. The summed E-state index contributed by atoms with van der Waals surface area (Å²) in [7, 11) is 0. The Morgan fingerprint density at radius 2 is 2.29 bits per heavy atom. The SMILES string of the molecule is CCOCC(=O)N[C@@H]1Cc2ccccc2[C@H]1N. The zero-order valence-electron chi connectivity index (χ0n) is 9.98. The van der Waals surface area contributed by atoms with Crippen molar-refractivity contribution in [1.82, 2.24) is 5.32 Å². The molecule has 0 spiro atoms. The van der Waals surface area contributed by atoms with Crippen LogP contribution in [0.3, 0.4) is 0 Å². The van der Waals surface area contributed by atoms with Gasteiger partial charge in [0.15, 0.2) is 0 Å². The Balaban J connectivity index is 1.96. The third-order valence-corrected chi connectivity index (χ3v) is 3.07. The fraction of sp³-hybridized carbons (Fsp3) is 0.462. The second kappa shape index (κ2) is 5.29.